The molecule has 0 aromatic heterocycles. The van der Waals surface area contributed by atoms with Crippen molar-refractivity contribution in [2.75, 3.05) is 0 Å². The lowest BCUT2D eigenvalue weighted by atomic mass is 10.1. The fourth-order valence-electron chi connectivity index (χ4n) is 1.31. The van der Waals surface area contributed by atoms with Crippen molar-refractivity contribution in [3.63, 3.8) is 0 Å². The first kappa shape index (κ1) is 9.45. The van der Waals surface area contributed by atoms with Gasteiger partial charge in [-0.15, -0.1) is 13.2 Å². The highest BCUT2D eigenvalue weighted by Gasteiger charge is 2.35. The third kappa shape index (κ3) is 1.75. The predicted molar refractivity (Wildman–Crippen MR) is 45.7 cm³/mol. The van der Waals surface area contributed by atoms with E-state index in [0.29, 0.717) is 6.42 Å². The third-order valence-corrected chi connectivity index (χ3v) is 2.03. The smallest absolute Gasteiger partial charge is 0.114 e. The molecule has 0 radical (unpaired) electrons. The summed E-state index contributed by atoms with van der Waals surface area (Å²) in [6.45, 7) is 6.98. The molecular formula is C9H14O3. The van der Waals surface area contributed by atoms with Gasteiger partial charge >= 0.3 is 0 Å². The molecule has 12 heavy (non-hydrogen) atoms. The molecule has 3 nitrogen and oxygen atoms in total. The molecular weight excluding hydrogens is 156 g/mol. The molecule has 68 valence electrons. The second-order valence-corrected chi connectivity index (χ2v) is 2.90. The van der Waals surface area contributed by atoms with Crippen LogP contribution in [0.4, 0.5) is 0 Å². The van der Waals surface area contributed by atoms with Gasteiger partial charge < -0.3 is 14.9 Å². The Kier molecular flexibility index (Phi) is 3.03. The monoisotopic (exact) mass is 170 g/mol. The summed E-state index contributed by atoms with van der Waals surface area (Å²) in [6, 6.07) is 0. The van der Waals surface area contributed by atoms with Crippen molar-refractivity contribution in [1.82, 2.24) is 0 Å². The van der Waals surface area contributed by atoms with Crippen molar-refractivity contribution >= 4 is 0 Å². The average Bonchev–Trinajstić information content (AvgIpc) is 2.45. The molecule has 0 spiro atoms. The van der Waals surface area contributed by atoms with E-state index in [2.05, 4.69) is 13.2 Å². The molecule has 0 aromatic carbocycles. The minimum atomic E-state index is -0.801. The van der Waals surface area contributed by atoms with Crippen LogP contribution in [0.15, 0.2) is 25.3 Å². The van der Waals surface area contributed by atoms with Crippen LogP contribution in [-0.2, 0) is 4.74 Å². The zero-order chi connectivity index (χ0) is 9.14. The summed E-state index contributed by atoms with van der Waals surface area (Å²) in [7, 11) is 0. The van der Waals surface area contributed by atoms with Gasteiger partial charge in [0.15, 0.2) is 0 Å². The summed E-state index contributed by atoms with van der Waals surface area (Å²) in [5, 5.41) is 18.7. The lowest BCUT2D eigenvalue weighted by Gasteiger charge is -2.17. The van der Waals surface area contributed by atoms with Gasteiger partial charge in [0.2, 0.25) is 0 Å². The fourth-order valence-corrected chi connectivity index (χ4v) is 1.31. The highest BCUT2D eigenvalue weighted by atomic mass is 16.5. The predicted octanol–water partition coefficient (Wildman–Crippen LogP) is 0.238. The largest absolute Gasteiger partial charge is 0.390 e. The summed E-state index contributed by atoms with van der Waals surface area (Å²) < 4.78 is 5.29. The molecule has 1 fully saturated rings. The fraction of sp³-hybridized carbons (Fsp3) is 0.556. The minimum Gasteiger partial charge on any atom is -0.390 e. The Morgan fingerprint density at radius 2 is 2.17 bits per heavy atom. The quantitative estimate of drug-likeness (QED) is 0.596. The van der Waals surface area contributed by atoms with Crippen LogP contribution >= 0.6 is 0 Å². The molecule has 1 heterocycles. The molecule has 1 aliphatic heterocycles. The van der Waals surface area contributed by atoms with Crippen LogP contribution < -0.4 is 0 Å². The van der Waals surface area contributed by atoms with Crippen LogP contribution in [0.25, 0.3) is 0 Å². The van der Waals surface area contributed by atoms with Gasteiger partial charge in [-0.05, 0) is 0 Å². The van der Waals surface area contributed by atoms with Gasteiger partial charge in [-0.3, -0.25) is 0 Å². The molecule has 1 aliphatic rings. The van der Waals surface area contributed by atoms with E-state index < -0.39 is 18.3 Å². The minimum absolute atomic E-state index is 0.153. The Morgan fingerprint density at radius 1 is 1.50 bits per heavy atom. The maximum atomic E-state index is 9.41. The van der Waals surface area contributed by atoms with Gasteiger partial charge in [-0.2, -0.15) is 0 Å². The first-order chi connectivity index (χ1) is 5.69. The number of hydrogen-bond acceptors (Lipinski definition) is 3. The van der Waals surface area contributed by atoms with Gasteiger partial charge in [0.05, 0.1) is 12.2 Å². The molecule has 0 bridgehead atoms. The number of ether oxygens (including phenoxy) is 1. The van der Waals surface area contributed by atoms with Crippen LogP contribution in [0.5, 0.6) is 0 Å². The molecule has 4 atom stereocenters. The van der Waals surface area contributed by atoms with Crippen molar-refractivity contribution in [3.05, 3.63) is 25.3 Å². The Labute approximate surface area is 72.0 Å². The van der Waals surface area contributed by atoms with Gasteiger partial charge in [-0.25, -0.2) is 0 Å². The van der Waals surface area contributed by atoms with E-state index in [1.165, 1.54) is 6.08 Å². The first-order valence-electron chi connectivity index (χ1n) is 3.95. The first-order valence-corrected chi connectivity index (χ1v) is 3.95. The summed E-state index contributed by atoms with van der Waals surface area (Å²) >= 11 is 0. The molecule has 4 unspecified atom stereocenters. The molecule has 0 aliphatic carbocycles. The number of rotatable bonds is 3. The van der Waals surface area contributed by atoms with E-state index >= 15 is 0 Å². The van der Waals surface area contributed by atoms with Gasteiger partial charge in [0, 0.05) is 6.42 Å². The van der Waals surface area contributed by atoms with Crippen molar-refractivity contribution in [2.45, 2.75) is 30.8 Å². The van der Waals surface area contributed by atoms with E-state index in [0.717, 1.165) is 0 Å². The van der Waals surface area contributed by atoms with Crippen LogP contribution in [0.2, 0.25) is 0 Å². The Hall–Kier alpha value is -0.640. The maximum Gasteiger partial charge on any atom is 0.114 e. The summed E-state index contributed by atoms with van der Waals surface area (Å²) in [5.41, 5.74) is 0. The van der Waals surface area contributed by atoms with Crippen molar-refractivity contribution in [3.8, 4) is 0 Å². The van der Waals surface area contributed by atoms with E-state index in [4.69, 9.17) is 4.74 Å². The van der Waals surface area contributed by atoms with Gasteiger partial charge in [0.25, 0.3) is 0 Å². The van der Waals surface area contributed by atoms with Crippen molar-refractivity contribution in [1.29, 1.82) is 0 Å². The standard InChI is InChI=1S/C9H14O3/c1-3-6-5-8(11)9(12-6)7(10)4-2/h3-4,6-11H,1-2,5H2. The normalized spacial score (nSPS) is 37.7. The molecule has 1 saturated heterocycles. The van der Waals surface area contributed by atoms with Crippen LogP contribution in [-0.4, -0.2) is 34.6 Å². The molecule has 3 heteroatoms. The van der Waals surface area contributed by atoms with E-state index in [1.54, 1.807) is 6.08 Å². The number of aliphatic hydroxyl groups is 2. The zero-order valence-electron chi connectivity index (χ0n) is 6.89. The van der Waals surface area contributed by atoms with Crippen LogP contribution in [0.1, 0.15) is 6.42 Å². The van der Waals surface area contributed by atoms with Crippen LogP contribution in [0.3, 0.4) is 0 Å². The SMILES string of the molecule is C=CC1CC(O)C(C(O)C=C)O1. The Balaban J connectivity index is 2.56. The van der Waals surface area contributed by atoms with E-state index in [9.17, 15) is 10.2 Å². The highest BCUT2D eigenvalue weighted by Crippen LogP contribution is 2.23. The topological polar surface area (TPSA) is 49.7 Å². The lowest BCUT2D eigenvalue weighted by molar-refractivity contribution is -0.0383. The van der Waals surface area contributed by atoms with Crippen LogP contribution in [0, 0.1) is 0 Å². The number of aliphatic hydroxyl groups excluding tert-OH is 2. The number of hydrogen-bond donors (Lipinski definition) is 2. The summed E-state index contributed by atoms with van der Waals surface area (Å²) in [6.07, 6.45) is 1.35. The lowest BCUT2D eigenvalue weighted by Crippen LogP contribution is -2.32. The third-order valence-electron chi connectivity index (χ3n) is 2.03. The molecule has 1 rings (SSSR count). The van der Waals surface area contributed by atoms with Crippen molar-refractivity contribution < 1.29 is 14.9 Å². The van der Waals surface area contributed by atoms with E-state index in [1.807, 2.05) is 0 Å². The van der Waals surface area contributed by atoms with Gasteiger partial charge in [0.1, 0.15) is 12.2 Å². The van der Waals surface area contributed by atoms with E-state index in [-0.39, 0.29) is 6.10 Å². The van der Waals surface area contributed by atoms with Crippen molar-refractivity contribution in [2.24, 2.45) is 0 Å². The molecule has 0 aromatic rings. The second kappa shape index (κ2) is 3.85. The molecule has 0 saturated carbocycles. The Morgan fingerprint density at radius 3 is 2.58 bits per heavy atom. The van der Waals surface area contributed by atoms with Gasteiger partial charge in [-0.1, -0.05) is 12.2 Å². The summed E-state index contributed by atoms with van der Waals surface area (Å²) in [5.74, 6) is 0. The highest BCUT2D eigenvalue weighted by molar-refractivity contribution is 4.98. The second-order valence-electron chi connectivity index (χ2n) is 2.90. The molecule has 2 N–H and O–H groups in total. The zero-order valence-corrected chi connectivity index (χ0v) is 6.89. The maximum absolute atomic E-state index is 9.41. The summed E-state index contributed by atoms with van der Waals surface area (Å²) in [4.78, 5) is 0. The average molecular weight is 170 g/mol. The Bertz CT molecular complexity index is 179. The molecule has 0 amide bonds.